The van der Waals surface area contributed by atoms with E-state index in [0.29, 0.717) is 12.0 Å². The molecule has 7 nitrogen and oxygen atoms in total. The maximum absolute atomic E-state index is 5.78. The Bertz CT molecular complexity index is 497. The first kappa shape index (κ1) is 20.6. The van der Waals surface area contributed by atoms with Gasteiger partial charge in [-0.25, -0.2) is 4.68 Å². The van der Waals surface area contributed by atoms with Crippen molar-refractivity contribution < 1.29 is 4.74 Å². The topological polar surface area (TPSA) is 59.3 Å². The maximum atomic E-state index is 5.78. The largest absolute Gasteiger partial charge is 0.376 e. The van der Waals surface area contributed by atoms with Gasteiger partial charge in [-0.15, -0.1) is 17.5 Å². The first-order valence-corrected chi connectivity index (χ1v) is 9.51. The minimum Gasteiger partial charge on any atom is -0.376 e. The molecule has 1 aromatic rings. The third-order valence-corrected chi connectivity index (χ3v) is 5.25. The summed E-state index contributed by atoms with van der Waals surface area (Å²) in [4.78, 5) is 5.09. The molecule has 2 unspecified atom stereocenters. The van der Waals surface area contributed by atoms with Gasteiger partial charge in [0.05, 0.1) is 18.7 Å². The van der Waals surface area contributed by atoms with Crippen molar-refractivity contribution in [2.24, 2.45) is 5.92 Å². The maximum Gasteiger partial charge on any atom is 0.168 e. The molecular weight excluding hydrogens is 340 g/mol. The average Bonchev–Trinajstić information content (AvgIpc) is 3.25. The van der Waals surface area contributed by atoms with Crippen molar-refractivity contribution in [2.45, 2.75) is 58.7 Å². The number of piperazine rings is 1. The van der Waals surface area contributed by atoms with E-state index in [2.05, 4.69) is 46.1 Å². The lowest BCUT2D eigenvalue weighted by atomic mass is 10.0. The molecule has 2 fully saturated rings. The molecule has 144 valence electrons. The molecule has 0 amide bonds. The van der Waals surface area contributed by atoms with Crippen LogP contribution in [0.25, 0.3) is 0 Å². The normalized spacial score (nSPS) is 23.8. The van der Waals surface area contributed by atoms with Gasteiger partial charge in [0, 0.05) is 32.8 Å². The summed E-state index contributed by atoms with van der Waals surface area (Å²) in [6.07, 6.45) is 3.63. The van der Waals surface area contributed by atoms with Crippen molar-refractivity contribution in [3.8, 4) is 0 Å². The second kappa shape index (κ2) is 9.80. The van der Waals surface area contributed by atoms with Crippen LogP contribution < -0.4 is 0 Å². The van der Waals surface area contributed by atoms with Crippen LogP contribution in [0.2, 0.25) is 0 Å². The lowest BCUT2D eigenvalue weighted by Gasteiger charge is -2.39. The SMILES string of the molecule is CCN1CCN(C(CC(C)C)c2nnnn2CC2CCCO2)CC1.Cl. The van der Waals surface area contributed by atoms with E-state index in [9.17, 15) is 0 Å². The zero-order chi connectivity index (χ0) is 16.9. The molecule has 0 spiro atoms. The molecule has 2 atom stereocenters. The molecule has 0 radical (unpaired) electrons. The molecule has 0 saturated carbocycles. The Hall–Kier alpha value is -0.760. The van der Waals surface area contributed by atoms with Crippen LogP contribution in [0.4, 0.5) is 0 Å². The lowest BCUT2D eigenvalue weighted by molar-refractivity contribution is 0.0738. The molecular formula is C17H33ClN6O. The highest BCUT2D eigenvalue weighted by Gasteiger charge is 2.30. The number of aromatic nitrogens is 4. The number of likely N-dealkylation sites (N-methyl/N-ethyl adjacent to an activating group) is 1. The highest BCUT2D eigenvalue weighted by Crippen LogP contribution is 2.28. The summed E-state index contributed by atoms with van der Waals surface area (Å²) in [5.41, 5.74) is 0. The quantitative estimate of drug-likeness (QED) is 0.729. The molecule has 0 aromatic carbocycles. The summed E-state index contributed by atoms with van der Waals surface area (Å²) in [5.74, 6) is 1.64. The molecule has 3 rings (SSSR count). The molecule has 25 heavy (non-hydrogen) atoms. The number of rotatable bonds is 7. The van der Waals surface area contributed by atoms with E-state index in [0.717, 1.165) is 71.0 Å². The van der Waals surface area contributed by atoms with Crippen molar-refractivity contribution in [2.75, 3.05) is 39.3 Å². The third-order valence-electron chi connectivity index (χ3n) is 5.25. The van der Waals surface area contributed by atoms with Crippen LogP contribution >= 0.6 is 12.4 Å². The molecule has 2 aliphatic heterocycles. The average molecular weight is 373 g/mol. The Morgan fingerprint density at radius 3 is 2.56 bits per heavy atom. The summed E-state index contributed by atoms with van der Waals surface area (Å²) in [6, 6.07) is 0.306. The van der Waals surface area contributed by atoms with Gasteiger partial charge >= 0.3 is 0 Å². The van der Waals surface area contributed by atoms with Gasteiger partial charge in [0.1, 0.15) is 0 Å². The zero-order valence-corrected chi connectivity index (χ0v) is 16.6. The van der Waals surface area contributed by atoms with E-state index in [1.54, 1.807) is 0 Å². The summed E-state index contributed by atoms with van der Waals surface area (Å²) in [5, 5.41) is 12.7. The van der Waals surface area contributed by atoms with Gasteiger partial charge < -0.3 is 9.64 Å². The van der Waals surface area contributed by atoms with E-state index in [4.69, 9.17) is 4.74 Å². The number of halogens is 1. The molecule has 0 N–H and O–H groups in total. The third kappa shape index (κ3) is 5.36. The van der Waals surface area contributed by atoms with Gasteiger partial charge in [0.2, 0.25) is 0 Å². The van der Waals surface area contributed by atoms with Crippen molar-refractivity contribution in [1.29, 1.82) is 0 Å². The minimum atomic E-state index is 0. The van der Waals surface area contributed by atoms with E-state index < -0.39 is 0 Å². The standard InChI is InChI=1S/C17H32N6O.ClH/c1-4-21-7-9-22(10-8-21)16(12-14(2)3)17-18-19-20-23(17)13-15-6-5-11-24-15;/h14-16H,4-13H2,1-3H3;1H. The highest BCUT2D eigenvalue weighted by atomic mass is 35.5. The fraction of sp³-hybridized carbons (Fsp3) is 0.941. The van der Waals surface area contributed by atoms with Crippen LogP contribution in [0.15, 0.2) is 0 Å². The van der Waals surface area contributed by atoms with Crippen molar-refractivity contribution in [3.05, 3.63) is 5.82 Å². The monoisotopic (exact) mass is 372 g/mol. The predicted molar refractivity (Wildman–Crippen MR) is 99.9 cm³/mol. The molecule has 3 heterocycles. The van der Waals surface area contributed by atoms with Crippen LogP contribution in [0.3, 0.4) is 0 Å². The Labute approximate surface area is 157 Å². The number of tetrazole rings is 1. The second-order valence-electron chi connectivity index (χ2n) is 7.47. The van der Waals surface area contributed by atoms with Crippen LogP contribution in [-0.4, -0.2) is 75.4 Å². The molecule has 8 heteroatoms. The van der Waals surface area contributed by atoms with Crippen molar-refractivity contribution in [1.82, 2.24) is 30.0 Å². The summed E-state index contributed by atoms with van der Waals surface area (Å²) < 4.78 is 7.77. The van der Waals surface area contributed by atoms with Crippen LogP contribution in [0.5, 0.6) is 0 Å². The Morgan fingerprint density at radius 2 is 1.96 bits per heavy atom. The van der Waals surface area contributed by atoms with E-state index in [-0.39, 0.29) is 18.5 Å². The van der Waals surface area contributed by atoms with E-state index in [1.165, 1.54) is 0 Å². The first-order chi connectivity index (χ1) is 11.7. The van der Waals surface area contributed by atoms with Crippen LogP contribution in [-0.2, 0) is 11.3 Å². The van der Waals surface area contributed by atoms with E-state index in [1.807, 2.05) is 4.68 Å². The summed E-state index contributed by atoms with van der Waals surface area (Å²) in [7, 11) is 0. The second-order valence-corrected chi connectivity index (χ2v) is 7.47. The van der Waals surface area contributed by atoms with Gasteiger partial charge in [-0.3, -0.25) is 4.90 Å². The minimum absolute atomic E-state index is 0. The fourth-order valence-corrected chi connectivity index (χ4v) is 3.82. The smallest absolute Gasteiger partial charge is 0.168 e. The zero-order valence-electron chi connectivity index (χ0n) is 15.8. The molecule has 0 aliphatic carbocycles. The summed E-state index contributed by atoms with van der Waals surface area (Å²) in [6.45, 7) is 14.1. The van der Waals surface area contributed by atoms with Crippen molar-refractivity contribution >= 4 is 12.4 Å². The van der Waals surface area contributed by atoms with Gasteiger partial charge in [0.25, 0.3) is 0 Å². The van der Waals surface area contributed by atoms with Gasteiger partial charge in [-0.1, -0.05) is 20.8 Å². The fourth-order valence-electron chi connectivity index (χ4n) is 3.82. The van der Waals surface area contributed by atoms with E-state index >= 15 is 0 Å². The number of ether oxygens (including phenoxy) is 1. The molecule has 0 bridgehead atoms. The molecule has 2 aliphatic rings. The number of hydrogen-bond acceptors (Lipinski definition) is 6. The number of hydrogen-bond donors (Lipinski definition) is 0. The van der Waals surface area contributed by atoms with Gasteiger partial charge in [0.15, 0.2) is 5.82 Å². The van der Waals surface area contributed by atoms with Gasteiger partial charge in [-0.2, -0.15) is 0 Å². The van der Waals surface area contributed by atoms with Crippen LogP contribution in [0, 0.1) is 5.92 Å². The Balaban J connectivity index is 0.00000225. The van der Waals surface area contributed by atoms with Crippen LogP contribution in [0.1, 0.15) is 51.9 Å². The number of nitrogens with zero attached hydrogens (tertiary/aromatic N) is 6. The predicted octanol–water partition coefficient (Wildman–Crippen LogP) is 2.00. The Kier molecular flexibility index (Phi) is 8.06. The van der Waals surface area contributed by atoms with Gasteiger partial charge in [-0.05, 0) is 42.2 Å². The molecule has 1 aromatic heterocycles. The molecule has 2 saturated heterocycles. The summed E-state index contributed by atoms with van der Waals surface area (Å²) >= 11 is 0. The van der Waals surface area contributed by atoms with Crippen molar-refractivity contribution in [3.63, 3.8) is 0 Å². The highest BCUT2D eigenvalue weighted by molar-refractivity contribution is 5.85. The lowest BCUT2D eigenvalue weighted by Crippen LogP contribution is -2.48. The Morgan fingerprint density at radius 1 is 1.20 bits per heavy atom. The first-order valence-electron chi connectivity index (χ1n) is 9.51.